The Bertz CT molecular complexity index is 709. The monoisotopic (exact) mass is 386 g/mol. The fraction of sp³-hybridized carbons (Fsp3) is 0.550. The van der Waals surface area contributed by atoms with Gasteiger partial charge in [0.05, 0.1) is 18.8 Å². The molecular formula is C20H30N6O2. The van der Waals surface area contributed by atoms with Crippen LogP contribution in [0.5, 0.6) is 5.88 Å². The van der Waals surface area contributed by atoms with E-state index in [1.165, 1.54) is 0 Å². The molecule has 1 saturated heterocycles. The normalized spacial score (nSPS) is 15.6. The summed E-state index contributed by atoms with van der Waals surface area (Å²) in [6.45, 7) is 11.0. The summed E-state index contributed by atoms with van der Waals surface area (Å²) >= 11 is 0. The van der Waals surface area contributed by atoms with Gasteiger partial charge in [-0.15, -0.1) is 0 Å². The highest BCUT2D eigenvalue weighted by Crippen LogP contribution is 2.10. The Kier molecular flexibility index (Phi) is 7.66. The first kappa shape index (κ1) is 20.1. The van der Waals surface area contributed by atoms with Crippen molar-refractivity contribution in [1.29, 1.82) is 0 Å². The Balaban J connectivity index is 1.52. The first-order valence-corrected chi connectivity index (χ1v) is 10.0. The highest BCUT2D eigenvalue weighted by molar-refractivity contribution is 5.80. The average Bonchev–Trinajstić information content (AvgIpc) is 3.24. The number of hydrogen-bond acceptors (Lipinski definition) is 6. The molecule has 28 heavy (non-hydrogen) atoms. The van der Waals surface area contributed by atoms with Crippen LogP contribution in [0.2, 0.25) is 0 Å². The molecule has 0 spiro atoms. The van der Waals surface area contributed by atoms with Crippen molar-refractivity contribution in [1.82, 2.24) is 25.3 Å². The number of ether oxygens (including phenoxy) is 1. The predicted octanol–water partition coefficient (Wildman–Crippen LogP) is 2.14. The molecule has 0 aromatic carbocycles. The standard InChI is InChI=1S/C20H30N6O2/c1-3-12-27-19-6-5-17(14-22-19)15-23-20(21-4-2)26-10-8-25(9-11-26)16-18-7-13-28-24-18/h5-7,13-14H,3-4,8-12,15-16H2,1-2H3,(H,21,23). The van der Waals surface area contributed by atoms with Crippen LogP contribution in [0.15, 0.2) is 40.2 Å². The molecule has 8 nitrogen and oxygen atoms in total. The van der Waals surface area contributed by atoms with Crippen LogP contribution in [0.25, 0.3) is 0 Å². The lowest BCUT2D eigenvalue weighted by Crippen LogP contribution is -2.52. The first-order chi connectivity index (χ1) is 13.8. The van der Waals surface area contributed by atoms with E-state index in [4.69, 9.17) is 14.3 Å². The third kappa shape index (κ3) is 5.95. The molecule has 0 amide bonds. The Morgan fingerprint density at radius 3 is 2.71 bits per heavy atom. The van der Waals surface area contributed by atoms with Crippen molar-refractivity contribution < 1.29 is 9.26 Å². The molecule has 1 aliphatic heterocycles. The van der Waals surface area contributed by atoms with Crippen LogP contribution in [-0.2, 0) is 13.1 Å². The summed E-state index contributed by atoms with van der Waals surface area (Å²) in [5.41, 5.74) is 2.05. The van der Waals surface area contributed by atoms with E-state index >= 15 is 0 Å². The molecule has 0 atom stereocenters. The number of pyridine rings is 1. The maximum atomic E-state index is 5.53. The smallest absolute Gasteiger partial charge is 0.213 e. The molecule has 1 N–H and O–H groups in total. The van der Waals surface area contributed by atoms with Gasteiger partial charge in [-0.3, -0.25) is 4.90 Å². The van der Waals surface area contributed by atoms with Crippen LogP contribution < -0.4 is 10.1 Å². The van der Waals surface area contributed by atoms with Crippen LogP contribution in [0.1, 0.15) is 31.5 Å². The van der Waals surface area contributed by atoms with Gasteiger partial charge in [0, 0.05) is 57.6 Å². The number of aromatic nitrogens is 2. The molecule has 0 bridgehead atoms. The van der Waals surface area contributed by atoms with Gasteiger partial charge >= 0.3 is 0 Å². The van der Waals surface area contributed by atoms with Crippen molar-refractivity contribution in [2.75, 3.05) is 39.3 Å². The summed E-state index contributed by atoms with van der Waals surface area (Å²) < 4.78 is 10.5. The van der Waals surface area contributed by atoms with Gasteiger partial charge in [-0.05, 0) is 18.9 Å². The lowest BCUT2D eigenvalue weighted by atomic mass is 10.3. The van der Waals surface area contributed by atoms with E-state index in [0.29, 0.717) is 19.0 Å². The van der Waals surface area contributed by atoms with Crippen LogP contribution in [0, 0.1) is 0 Å². The van der Waals surface area contributed by atoms with Crippen molar-refractivity contribution in [2.24, 2.45) is 4.99 Å². The summed E-state index contributed by atoms with van der Waals surface area (Å²) in [5.74, 6) is 1.62. The molecule has 0 saturated carbocycles. The van der Waals surface area contributed by atoms with Gasteiger partial charge in [0.25, 0.3) is 0 Å². The van der Waals surface area contributed by atoms with Crippen molar-refractivity contribution in [3.8, 4) is 5.88 Å². The summed E-state index contributed by atoms with van der Waals surface area (Å²) in [4.78, 5) is 13.9. The zero-order chi connectivity index (χ0) is 19.6. The third-order valence-corrected chi connectivity index (χ3v) is 4.55. The highest BCUT2D eigenvalue weighted by atomic mass is 16.5. The fourth-order valence-electron chi connectivity index (χ4n) is 3.05. The lowest BCUT2D eigenvalue weighted by molar-refractivity contribution is 0.169. The zero-order valence-corrected chi connectivity index (χ0v) is 16.8. The molecule has 152 valence electrons. The number of nitrogens with one attached hydrogen (secondary N) is 1. The van der Waals surface area contributed by atoms with E-state index in [0.717, 1.165) is 62.9 Å². The minimum atomic E-state index is 0.600. The minimum absolute atomic E-state index is 0.600. The van der Waals surface area contributed by atoms with E-state index in [1.54, 1.807) is 6.26 Å². The summed E-state index contributed by atoms with van der Waals surface area (Å²) in [6.07, 6.45) is 4.44. The molecule has 0 unspecified atom stereocenters. The maximum absolute atomic E-state index is 5.53. The molecule has 0 aliphatic carbocycles. The van der Waals surface area contributed by atoms with Gasteiger partial charge < -0.3 is 19.5 Å². The Hall–Kier alpha value is -2.61. The number of guanidine groups is 1. The number of rotatable bonds is 8. The number of nitrogens with zero attached hydrogens (tertiary/aromatic N) is 5. The van der Waals surface area contributed by atoms with Gasteiger partial charge in [0.1, 0.15) is 6.26 Å². The number of aliphatic imine (C=N–C) groups is 1. The summed E-state index contributed by atoms with van der Waals surface area (Å²) in [5, 5.41) is 7.41. The Labute approximate surface area is 166 Å². The molecule has 1 fully saturated rings. The van der Waals surface area contributed by atoms with Gasteiger partial charge in [-0.2, -0.15) is 0 Å². The third-order valence-electron chi connectivity index (χ3n) is 4.55. The van der Waals surface area contributed by atoms with E-state index in [9.17, 15) is 0 Å². The topological polar surface area (TPSA) is 79.0 Å². The van der Waals surface area contributed by atoms with Gasteiger partial charge in [-0.25, -0.2) is 9.98 Å². The summed E-state index contributed by atoms with van der Waals surface area (Å²) in [6, 6.07) is 5.86. The molecular weight excluding hydrogens is 356 g/mol. The highest BCUT2D eigenvalue weighted by Gasteiger charge is 2.20. The van der Waals surface area contributed by atoms with Crippen molar-refractivity contribution in [2.45, 2.75) is 33.4 Å². The quantitative estimate of drug-likeness (QED) is 0.550. The second-order valence-corrected chi connectivity index (χ2v) is 6.78. The Morgan fingerprint density at radius 1 is 1.21 bits per heavy atom. The molecule has 2 aromatic heterocycles. The summed E-state index contributed by atoms with van der Waals surface area (Å²) in [7, 11) is 0. The van der Waals surface area contributed by atoms with Crippen LogP contribution >= 0.6 is 0 Å². The maximum Gasteiger partial charge on any atom is 0.213 e. The largest absolute Gasteiger partial charge is 0.478 e. The molecule has 3 heterocycles. The lowest BCUT2D eigenvalue weighted by Gasteiger charge is -2.36. The van der Waals surface area contributed by atoms with Gasteiger partial charge in [-0.1, -0.05) is 18.1 Å². The van der Waals surface area contributed by atoms with Crippen LogP contribution in [0.4, 0.5) is 0 Å². The van der Waals surface area contributed by atoms with Gasteiger partial charge in [0.15, 0.2) is 5.96 Å². The van der Waals surface area contributed by atoms with E-state index in [2.05, 4.69) is 39.1 Å². The van der Waals surface area contributed by atoms with Crippen molar-refractivity contribution >= 4 is 5.96 Å². The molecule has 0 radical (unpaired) electrons. The fourth-order valence-corrected chi connectivity index (χ4v) is 3.05. The SMILES string of the molecule is CCCOc1ccc(CN=C(NCC)N2CCN(Cc3ccon3)CC2)cn1. The van der Waals surface area contributed by atoms with E-state index in [1.807, 2.05) is 24.4 Å². The van der Waals surface area contributed by atoms with Crippen LogP contribution in [-0.4, -0.2) is 65.2 Å². The molecule has 2 aromatic rings. The first-order valence-electron chi connectivity index (χ1n) is 10.0. The second kappa shape index (κ2) is 10.7. The van der Waals surface area contributed by atoms with E-state index in [-0.39, 0.29) is 0 Å². The zero-order valence-electron chi connectivity index (χ0n) is 16.8. The molecule has 3 rings (SSSR count). The number of piperazine rings is 1. The van der Waals surface area contributed by atoms with Crippen LogP contribution in [0.3, 0.4) is 0 Å². The predicted molar refractivity (Wildman–Crippen MR) is 108 cm³/mol. The van der Waals surface area contributed by atoms with Crippen molar-refractivity contribution in [3.05, 3.63) is 41.9 Å². The van der Waals surface area contributed by atoms with Crippen molar-refractivity contribution in [3.63, 3.8) is 0 Å². The second-order valence-electron chi connectivity index (χ2n) is 6.78. The molecule has 1 aliphatic rings. The molecule has 8 heteroatoms. The average molecular weight is 387 g/mol. The Morgan fingerprint density at radius 2 is 2.07 bits per heavy atom. The van der Waals surface area contributed by atoms with Gasteiger partial charge in [0.2, 0.25) is 5.88 Å². The minimum Gasteiger partial charge on any atom is -0.478 e. The number of hydrogen-bond donors (Lipinski definition) is 1. The van der Waals surface area contributed by atoms with E-state index < -0.39 is 0 Å².